The molecule has 2 bridgehead atoms. The van der Waals surface area contributed by atoms with Crippen molar-refractivity contribution >= 4 is 23.4 Å². The Bertz CT molecular complexity index is 842. The lowest BCUT2D eigenvalue weighted by atomic mass is 9.44. The van der Waals surface area contributed by atoms with Gasteiger partial charge in [0.05, 0.1) is 17.9 Å². The molecule has 0 spiro atoms. The van der Waals surface area contributed by atoms with E-state index < -0.39 is 5.82 Å². The molecule has 5 fully saturated rings. The maximum atomic E-state index is 13.4. The smallest absolute Gasteiger partial charge is 0.258 e. The van der Waals surface area contributed by atoms with Gasteiger partial charge in [0, 0.05) is 17.1 Å². The van der Waals surface area contributed by atoms with Crippen LogP contribution in [0.15, 0.2) is 18.2 Å². The number of amides is 2. The molecule has 2 amide bonds. The van der Waals surface area contributed by atoms with Crippen molar-refractivity contribution in [3.05, 3.63) is 29.0 Å². The molecule has 0 aromatic heterocycles. The molecule has 0 radical (unpaired) electrons. The molecular weight excluding hydrogens is 401 g/mol. The van der Waals surface area contributed by atoms with Gasteiger partial charge in [0.25, 0.3) is 5.91 Å². The molecule has 3 N–H and O–H groups in total. The molecular formula is C20H23ClFN3O4. The summed E-state index contributed by atoms with van der Waals surface area (Å²) in [6.07, 6.45) is 4.38. The Labute approximate surface area is 172 Å². The first-order valence-corrected chi connectivity index (χ1v) is 10.3. The summed E-state index contributed by atoms with van der Waals surface area (Å²) < 4.78 is 24.4. The summed E-state index contributed by atoms with van der Waals surface area (Å²) in [6.45, 7) is 0.221. The number of hydrogen-bond donors (Lipinski definition) is 3. The van der Waals surface area contributed by atoms with E-state index >= 15 is 0 Å². The maximum absolute atomic E-state index is 13.4. The molecule has 7 nitrogen and oxygen atoms in total. The van der Waals surface area contributed by atoms with Crippen molar-refractivity contribution in [3.63, 3.8) is 0 Å². The lowest BCUT2D eigenvalue weighted by Crippen LogP contribution is -2.84. The Morgan fingerprint density at radius 3 is 2.66 bits per heavy atom. The fraction of sp³-hybridized carbons (Fsp3) is 0.600. The Morgan fingerprint density at radius 1 is 1.24 bits per heavy atom. The van der Waals surface area contributed by atoms with Crippen LogP contribution in [0, 0.1) is 11.7 Å². The van der Waals surface area contributed by atoms with Crippen molar-refractivity contribution < 1.29 is 23.5 Å². The molecule has 9 heteroatoms. The minimum Gasteiger partial charge on any atom is -0.484 e. The summed E-state index contributed by atoms with van der Waals surface area (Å²) in [5.41, 5.74) is -0.489. The van der Waals surface area contributed by atoms with Crippen LogP contribution in [-0.2, 0) is 14.3 Å². The van der Waals surface area contributed by atoms with Gasteiger partial charge in [-0.3, -0.25) is 14.9 Å². The van der Waals surface area contributed by atoms with Crippen LogP contribution in [-0.4, -0.2) is 48.4 Å². The van der Waals surface area contributed by atoms with E-state index in [0.29, 0.717) is 31.9 Å². The SMILES string of the molecule is O=C(COc1ccc(Cl)c(F)c1)NC12CC(NC(=O)C3NCOC3C3CC3)(C1)C2. The number of hydrogen-bond acceptors (Lipinski definition) is 5. The topological polar surface area (TPSA) is 88.7 Å². The highest BCUT2D eigenvalue weighted by molar-refractivity contribution is 6.30. The van der Waals surface area contributed by atoms with Crippen LogP contribution in [0.5, 0.6) is 5.75 Å². The Balaban J connectivity index is 1.07. The molecule has 4 aliphatic carbocycles. The first-order valence-electron chi connectivity index (χ1n) is 9.93. The quantitative estimate of drug-likeness (QED) is 0.618. The van der Waals surface area contributed by atoms with Crippen LogP contribution >= 0.6 is 11.6 Å². The van der Waals surface area contributed by atoms with Crippen LogP contribution in [0.1, 0.15) is 32.1 Å². The highest BCUT2D eigenvalue weighted by atomic mass is 35.5. The Kier molecular flexibility index (Phi) is 4.49. The monoisotopic (exact) mass is 423 g/mol. The summed E-state index contributed by atoms with van der Waals surface area (Å²) in [5.74, 6) is -0.118. The molecule has 4 saturated carbocycles. The first-order chi connectivity index (χ1) is 13.9. The average Bonchev–Trinajstić information content (AvgIpc) is 3.36. The minimum absolute atomic E-state index is 0.00540. The molecule has 2 unspecified atom stereocenters. The van der Waals surface area contributed by atoms with E-state index in [1.807, 2.05) is 0 Å². The molecule has 1 saturated heterocycles. The van der Waals surface area contributed by atoms with Gasteiger partial charge in [0.2, 0.25) is 5.91 Å². The molecule has 2 atom stereocenters. The summed E-state index contributed by atoms with van der Waals surface area (Å²) in [7, 11) is 0. The molecule has 29 heavy (non-hydrogen) atoms. The first kappa shape index (κ1) is 19.1. The third-order valence-corrected chi connectivity index (χ3v) is 6.67. The molecule has 1 aromatic rings. The Morgan fingerprint density at radius 2 is 1.97 bits per heavy atom. The highest BCUT2D eigenvalue weighted by Gasteiger charge is 2.69. The molecule has 1 heterocycles. The van der Waals surface area contributed by atoms with Crippen molar-refractivity contribution in [1.82, 2.24) is 16.0 Å². The summed E-state index contributed by atoms with van der Waals surface area (Å²) in [5, 5.41) is 9.29. The van der Waals surface area contributed by atoms with Crippen molar-refractivity contribution in [2.24, 2.45) is 5.92 Å². The number of rotatable bonds is 7. The van der Waals surface area contributed by atoms with E-state index in [1.165, 1.54) is 12.1 Å². The van der Waals surface area contributed by atoms with Crippen LogP contribution in [0.4, 0.5) is 4.39 Å². The molecule has 5 aliphatic rings. The van der Waals surface area contributed by atoms with Crippen LogP contribution in [0.3, 0.4) is 0 Å². The number of nitrogens with one attached hydrogen (secondary N) is 3. The van der Waals surface area contributed by atoms with Crippen LogP contribution in [0.25, 0.3) is 0 Å². The van der Waals surface area contributed by atoms with E-state index in [4.69, 9.17) is 21.1 Å². The normalized spacial score (nSPS) is 34.7. The van der Waals surface area contributed by atoms with E-state index in [9.17, 15) is 14.0 Å². The van der Waals surface area contributed by atoms with Gasteiger partial charge in [0.1, 0.15) is 17.6 Å². The van der Waals surface area contributed by atoms with Gasteiger partial charge in [0.15, 0.2) is 6.61 Å². The van der Waals surface area contributed by atoms with Gasteiger partial charge in [-0.2, -0.15) is 0 Å². The van der Waals surface area contributed by atoms with Gasteiger partial charge < -0.3 is 20.1 Å². The van der Waals surface area contributed by atoms with Crippen molar-refractivity contribution in [3.8, 4) is 5.75 Å². The second-order valence-electron chi connectivity index (χ2n) is 8.79. The molecule has 156 valence electrons. The Hall–Kier alpha value is -1.90. The van der Waals surface area contributed by atoms with Crippen molar-refractivity contribution in [2.45, 2.75) is 55.3 Å². The summed E-state index contributed by atoms with van der Waals surface area (Å²) in [4.78, 5) is 24.8. The lowest BCUT2D eigenvalue weighted by molar-refractivity contribution is -0.151. The zero-order valence-electron chi connectivity index (χ0n) is 15.8. The highest BCUT2D eigenvalue weighted by Crippen LogP contribution is 2.60. The second-order valence-corrected chi connectivity index (χ2v) is 9.20. The lowest BCUT2D eigenvalue weighted by Gasteiger charge is -2.70. The fourth-order valence-electron chi connectivity index (χ4n) is 4.96. The van der Waals surface area contributed by atoms with Gasteiger partial charge in [-0.15, -0.1) is 0 Å². The van der Waals surface area contributed by atoms with Gasteiger partial charge in [-0.25, -0.2) is 4.39 Å². The summed E-state index contributed by atoms with van der Waals surface area (Å²) in [6, 6.07) is 3.77. The van der Waals surface area contributed by atoms with E-state index in [2.05, 4.69) is 16.0 Å². The largest absolute Gasteiger partial charge is 0.484 e. The van der Waals surface area contributed by atoms with E-state index in [-0.39, 0.29) is 52.4 Å². The third kappa shape index (κ3) is 3.58. The minimum atomic E-state index is -0.590. The second kappa shape index (κ2) is 6.82. The molecule has 1 aromatic carbocycles. The van der Waals surface area contributed by atoms with Gasteiger partial charge >= 0.3 is 0 Å². The predicted molar refractivity (Wildman–Crippen MR) is 102 cm³/mol. The number of halogens is 2. The number of carbonyl (C=O) groups excluding carboxylic acids is 2. The van der Waals surface area contributed by atoms with E-state index in [0.717, 1.165) is 18.9 Å². The zero-order valence-corrected chi connectivity index (χ0v) is 16.6. The molecule has 6 rings (SSSR count). The van der Waals surface area contributed by atoms with Crippen LogP contribution < -0.4 is 20.7 Å². The van der Waals surface area contributed by atoms with Gasteiger partial charge in [-0.1, -0.05) is 11.6 Å². The number of carbonyl (C=O) groups is 2. The van der Waals surface area contributed by atoms with Crippen LogP contribution in [0.2, 0.25) is 5.02 Å². The van der Waals surface area contributed by atoms with Gasteiger partial charge in [-0.05, 0) is 50.2 Å². The number of ether oxygens (including phenoxy) is 2. The zero-order chi connectivity index (χ0) is 20.2. The standard InChI is InChI=1S/C20H23ClFN3O4/c21-13-4-3-12(5-14(13)22)28-6-15(26)24-19-7-20(8-19,9-19)25-18(27)16-17(11-1-2-11)29-10-23-16/h3-5,11,16-17,23H,1-2,6-10H2,(H,24,26)(H,25,27). The number of benzene rings is 1. The summed E-state index contributed by atoms with van der Waals surface area (Å²) >= 11 is 5.63. The van der Waals surface area contributed by atoms with Crippen molar-refractivity contribution in [2.75, 3.05) is 13.3 Å². The average molecular weight is 424 g/mol. The van der Waals surface area contributed by atoms with E-state index in [1.54, 1.807) is 0 Å². The molecule has 1 aliphatic heterocycles. The predicted octanol–water partition coefficient (Wildman–Crippen LogP) is 1.49. The fourth-order valence-corrected chi connectivity index (χ4v) is 5.08. The maximum Gasteiger partial charge on any atom is 0.258 e. The van der Waals surface area contributed by atoms with Crippen molar-refractivity contribution in [1.29, 1.82) is 0 Å². The third-order valence-electron chi connectivity index (χ3n) is 6.36.